The summed E-state index contributed by atoms with van der Waals surface area (Å²) in [6.45, 7) is 0. The molecule has 0 saturated carbocycles. The summed E-state index contributed by atoms with van der Waals surface area (Å²) >= 11 is 5.85. The maximum absolute atomic E-state index is 10.6. The Morgan fingerprint density at radius 1 is 1.56 bits per heavy atom. The number of nitrogens with one attached hydrogen (secondary N) is 1. The summed E-state index contributed by atoms with van der Waals surface area (Å²) in [5, 5.41) is 12.0. The van der Waals surface area contributed by atoms with E-state index >= 15 is 0 Å². The molecule has 1 aromatic heterocycles. The molecule has 0 amide bonds. The van der Waals surface area contributed by atoms with Gasteiger partial charge in [0.05, 0.1) is 12.8 Å². The molecule has 7 heteroatoms. The molecule has 0 spiro atoms. The van der Waals surface area contributed by atoms with Crippen molar-refractivity contribution in [3.63, 3.8) is 0 Å². The Morgan fingerprint density at radius 2 is 2.33 bits per heavy atom. The van der Waals surface area contributed by atoms with Crippen molar-refractivity contribution >= 4 is 29.3 Å². The summed E-state index contributed by atoms with van der Waals surface area (Å²) in [5.74, 6) is -0.626. The van der Waals surface area contributed by atoms with E-state index in [4.69, 9.17) is 25.9 Å². The molecular weight excluding hydrogens is 260 g/mol. The lowest BCUT2D eigenvalue weighted by atomic mass is 10.3. The van der Waals surface area contributed by atoms with E-state index in [-0.39, 0.29) is 11.7 Å². The molecule has 2 rings (SSSR count). The predicted molar refractivity (Wildman–Crippen MR) is 64.7 cm³/mol. The summed E-state index contributed by atoms with van der Waals surface area (Å²) in [6.07, 6.45) is 1.04. The minimum Gasteiger partial charge on any atom is -0.495 e. The van der Waals surface area contributed by atoms with Gasteiger partial charge in [-0.25, -0.2) is 4.79 Å². The van der Waals surface area contributed by atoms with Gasteiger partial charge in [-0.05, 0) is 18.2 Å². The fourth-order valence-corrected chi connectivity index (χ4v) is 1.49. The smallest absolute Gasteiger partial charge is 0.357 e. The number of oxazole rings is 1. The van der Waals surface area contributed by atoms with E-state index in [9.17, 15) is 4.79 Å². The zero-order valence-electron chi connectivity index (χ0n) is 9.31. The minimum absolute atomic E-state index is 0.0490. The number of carboxylic acids is 1. The highest BCUT2D eigenvalue weighted by molar-refractivity contribution is 6.30. The first-order valence-corrected chi connectivity index (χ1v) is 5.27. The number of aromatic nitrogens is 1. The third kappa shape index (κ3) is 2.54. The van der Waals surface area contributed by atoms with Crippen LogP contribution >= 0.6 is 11.6 Å². The number of hydrogen-bond donors (Lipinski definition) is 2. The molecule has 0 bridgehead atoms. The maximum Gasteiger partial charge on any atom is 0.357 e. The number of benzene rings is 1. The molecule has 2 aromatic rings. The predicted octanol–water partition coefficient (Wildman–Crippen LogP) is 2.78. The second-order valence-electron chi connectivity index (χ2n) is 3.31. The van der Waals surface area contributed by atoms with Crippen LogP contribution in [0.25, 0.3) is 0 Å². The zero-order valence-corrected chi connectivity index (χ0v) is 10.1. The second-order valence-corrected chi connectivity index (χ2v) is 3.75. The first kappa shape index (κ1) is 12.3. The Morgan fingerprint density at radius 3 is 2.94 bits per heavy atom. The van der Waals surface area contributed by atoms with Crippen molar-refractivity contribution in [1.29, 1.82) is 0 Å². The third-order valence-electron chi connectivity index (χ3n) is 2.13. The number of rotatable bonds is 4. The van der Waals surface area contributed by atoms with Crippen LogP contribution in [0.3, 0.4) is 0 Å². The lowest BCUT2D eigenvalue weighted by Gasteiger charge is -2.08. The van der Waals surface area contributed by atoms with Crippen molar-refractivity contribution in [3.8, 4) is 5.75 Å². The van der Waals surface area contributed by atoms with Crippen LogP contribution in [-0.4, -0.2) is 23.2 Å². The Balaban J connectivity index is 2.27. The van der Waals surface area contributed by atoms with E-state index in [0.29, 0.717) is 16.5 Å². The molecule has 94 valence electrons. The SMILES string of the molecule is COc1ccc(Cl)cc1Nc1nc(C(=O)O)co1. The molecule has 6 nitrogen and oxygen atoms in total. The number of methoxy groups -OCH3 is 1. The topological polar surface area (TPSA) is 84.6 Å². The summed E-state index contributed by atoms with van der Waals surface area (Å²) in [7, 11) is 1.51. The molecule has 0 aliphatic rings. The van der Waals surface area contributed by atoms with Crippen LogP contribution in [0, 0.1) is 0 Å². The van der Waals surface area contributed by atoms with Crippen molar-refractivity contribution in [3.05, 3.63) is 35.2 Å². The average molecular weight is 269 g/mol. The molecule has 1 heterocycles. The van der Waals surface area contributed by atoms with Gasteiger partial charge in [-0.3, -0.25) is 0 Å². The Hall–Kier alpha value is -2.21. The van der Waals surface area contributed by atoms with E-state index < -0.39 is 5.97 Å². The standard InChI is InChI=1S/C11H9ClN2O4/c1-17-9-3-2-6(12)4-7(9)13-11-14-8(5-18-11)10(15)16/h2-5H,1H3,(H,13,14)(H,15,16). The average Bonchev–Trinajstić information content (AvgIpc) is 2.78. The van der Waals surface area contributed by atoms with Gasteiger partial charge >= 0.3 is 5.97 Å². The lowest BCUT2D eigenvalue weighted by Crippen LogP contribution is -1.98. The Bertz CT molecular complexity index is 582. The molecular formula is C11H9ClN2O4. The number of carbonyl (C=O) groups is 1. The van der Waals surface area contributed by atoms with Gasteiger partial charge in [0, 0.05) is 5.02 Å². The second kappa shape index (κ2) is 4.97. The monoisotopic (exact) mass is 268 g/mol. The van der Waals surface area contributed by atoms with Crippen LogP contribution in [0.15, 0.2) is 28.9 Å². The summed E-state index contributed by atoms with van der Waals surface area (Å²) < 4.78 is 10.1. The van der Waals surface area contributed by atoms with Gasteiger partial charge in [-0.1, -0.05) is 11.6 Å². The summed E-state index contributed by atoms with van der Waals surface area (Å²) in [6, 6.07) is 5.01. The van der Waals surface area contributed by atoms with E-state index in [1.54, 1.807) is 18.2 Å². The van der Waals surface area contributed by atoms with Gasteiger partial charge in [0.2, 0.25) is 0 Å². The highest BCUT2D eigenvalue weighted by Gasteiger charge is 2.12. The van der Waals surface area contributed by atoms with Gasteiger partial charge in [0.1, 0.15) is 12.0 Å². The molecule has 0 atom stereocenters. The van der Waals surface area contributed by atoms with Crippen molar-refractivity contribution in [2.45, 2.75) is 0 Å². The van der Waals surface area contributed by atoms with Crippen LogP contribution in [0.5, 0.6) is 5.75 Å². The number of halogens is 1. The van der Waals surface area contributed by atoms with Crippen LogP contribution in [-0.2, 0) is 0 Å². The lowest BCUT2D eigenvalue weighted by molar-refractivity contribution is 0.0690. The number of nitrogens with zero attached hydrogens (tertiary/aromatic N) is 1. The molecule has 0 radical (unpaired) electrons. The molecule has 0 aliphatic heterocycles. The first-order valence-electron chi connectivity index (χ1n) is 4.89. The normalized spacial score (nSPS) is 10.1. The highest BCUT2D eigenvalue weighted by atomic mass is 35.5. The Kier molecular flexibility index (Phi) is 3.38. The number of ether oxygens (including phenoxy) is 1. The quantitative estimate of drug-likeness (QED) is 0.887. The largest absolute Gasteiger partial charge is 0.495 e. The fraction of sp³-hybridized carbons (Fsp3) is 0.0909. The summed E-state index contributed by atoms with van der Waals surface area (Å²) in [4.78, 5) is 14.4. The van der Waals surface area contributed by atoms with E-state index in [1.807, 2.05) is 0 Å². The number of carboxylic acid groups (broad SMARTS) is 1. The molecule has 0 saturated heterocycles. The van der Waals surface area contributed by atoms with Crippen LogP contribution in [0.4, 0.5) is 11.7 Å². The molecule has 18 heavy (non-hydrogen) atoms. The van der Waals surface area contributed by atoms with Crippen molar-refractivity contribution in [2.24, 2.45) is 0 Å². The van der Waals surface area contributed by atoms with Crippen molar-refractivity contribution in [2.75, 3.05) is 12.4 Å². The molecule has 0 aliphatic carbocycles. The van der Waals surface area contributed by atoms with Gasteiger partial charge in [0.15, 0.2) is 5.69 Å². The number of aromatic carboxylic acids is 1. The minimum atomic E-state index is -1.16. The van der Waals surface area contributed by atoms with E-state index in [0.717, 1.165) is 6.26 Å². The van der Waals surface area contributed by atoms with Crippen molar-refractivity contribution in [1.82, 2.24) is 4.98 Å². The molecule has 0 fully saturated rings. The van der Waals surface area contributed by atoms with Gasteiger partial charge < -0.3 is 19.6 Å². The molecule has 2 N–H and O–H groups in total. The van der Waals surface area contributed by atoms with Crippen molar-refractivity contribution < 1.29 is 19.1 Å². The molecule has 1 aromatic carbocycles. The highest BCUT2D eigenvalue weighted by Crippen LogP contribution is 2.30. The number of anilines is 2. The third-order valence-corrected chi connectivity index (χ3v) is 2.36. The first-order chi connectivity index (χ1) is 8.60. The maximum atomic E-state index is 10.6. The summed E-state index contributed by atoms with van der Waals surface area (Å²) in [5.41, 5.74) is 0.349. The van der Waals surface area contributed by atoms with Crippen LogP contribution in [0.2, 0.25) is 5.02 Å². The van der Waals surface area contributed by atoms with Gasteiger partial charge in [0.25, 0.3) is 6.01 Å². The fourth-order valence-electron chi connectivity index (χ4n) is 1.32. The van der Waals surface area contributed by atoms with Gasteiger partial charge in [-0.15, -0.1) is 0 Å². The van der Waals surface area contributed by atoms with Gasteiger partial charge in [-0.2, -0.15) is 4.98 Å². The molecule has 0 unspecified atom stereocenters. The van der Waals surface area contributed by atoms with Crippen LogP contribution < -0.4 is 10.1 Å². The zero-order chi connectivity index (χ0) is 13.1. The van der Waals surface area contributed by atoms with Crippen LogP contribution in [0.1, 0.15) is 10.5 Å². The number of hydrogen-bond acceptors (Lipinski definition) is 5. The Labute approximate surface area is 107 Å². The van der Waals surface area contributed by atoms with E-state index in [2.05, 4.69) is 10.3 Å². The van der Waals surface area contributed by atoms with E-state index in [1.165, 1.54) is 7.11 Å².